The number of likely N-dealkylation sites (N-methyl/N-ethyl adjacent to an activating group) is 1. The Labute approximate surface area is 86.5 Å². The van der Waals surface area contributed by atoms with Crippen molar-refractivity contribution in [2.24, 2.45) is 0 Å². The van der Waals surface area contributed by atoms with E-state index in [0.717, 1.165) is 12.6 Å². The molecule has 0 bridgehead atoms. The van der Waals surface area contributed by atoms with Crippen LogP contribution in [-0.4, -0.2) is 49.1 Å². The fourth-order valence-corrected chi connectivity index (χ4v) is 2.34. The summed E-state index contributed by atoms with van der Waals surface area (Å²) in [6.45, 7) is 7.16. The molecule has 1 aliphatic rings. The third-order valence-electron chi connectivity index (χ3n) is 2.59. The van der Waals surface area contributed by atoms with Gasteiger partial charge in [-0.1, -0.05) is 6.92 Å². The van der Waals surface area contributed by atoms with Crippen molar-refractivity contribution in [2.45, 2.75) is 25.8 Å². The van der Waals surface area contributed by atoms with Crippen molar-refractivity contribution >= 4 is 11.8 Å². The topological polar surface area (TPSA) is 15.3 Å². The van der Waals surface area contributed by atoms with Crippen molar-refractivity contribution in [1.82, 2.24) is 10.2 Å². The number of nitrogens with zero attached hydrogens (tertiary/aromatic N) is 1. The summed E-state index contributed by atoms with van der Waals surface area (Å²) in [6.07, 6.45) is 4.87. The minimum atomic E-state index is 0.763. The van der Waals surface area contributed by atoms with Crippen molar-refractivity contribution in [3.05, 3.63) is 0 Å². The highest BCUT2D eigenvalue weighted by molar-refractivity contribution is 7.98. The summed E-state index contributed by atoms with van der Waals surface area (Å²) in [7, 11) is 0. The number of nitrogens with one attached hydrogen (secondary N) is 1. The van der Waals surface area contributed by atoms with Gasteiger partial charge in [-0.3, -0.25) is 0 Å². The summed E-state index contributed by atoms with van der Waals surface area (Å²) in [5, 5.41) is 3.52. The quantitative estimate of drug-likeness (QED) is 0.656. The normalized spacial score (nSPS) is 24.0. The maximum Gasteiger partial charge on any atom is 0.0207 e. The van der Waals surface area contributed by atoms with Gasteiger partial charge < -0.3 is 10.2 Å². The lowest BCUT2D eigenvalue weighted by atomic mass is 10.3. The highest BCUT2D eigenvalue weighted by Gasteiger charge is 2.20. The molecule has 1 unspecified atom stereocenters. The van der Waals surface area contributed by atoms with Crippen LogP contribution in [0, 0.1) is 0 Å². The number of hydrogen-bond donors (Lipinski definition) is 1. The molecule has 0 spiro atoms. The Kier molecular flexibility index (Phi) is 5.83. The van der Waals surface area contributed by atoms with Crippen molar-refractivity contribution in [1.29, 1.82) is 0 Å². The zero-order valence-corrected chi connectivity index (χ0v) is 9.70. The van der Waals surface area contributed by atoms with Crippen molar-refractivity contribution in [2.75, 3.05) is 38.2 Å². The average Bonchev–Trinajstić information content (AvgIpc) is 2.54. The summed E-state index contributed by atoms with van der Waals surface area (Å²) in [6, 6.07) is 0.763. The molecule has 0 aromatic rings. The zero-order valence-electron chi connectivity index (χ0n) is 8.88. The van der Waals surface area contributed by atoms with Gasteiger partial charge in [-0.25, -0.2) is 0 Å². The van der Waals surface area contributed by atoms with E-state index in [-0.39, 0.29) is 0 Å². The fraction of sp³-hybridized carbons (Fsp3) is 1.00. The Hall–Kier alpha value is 0.270. The molecule has 0 saturated carbocycles. The summed E-state index contributed by atoms with van der Waals surface area (Å²) in [5.41, 5.74) is 0. The molecule has 0 aliphatic carbocycles. The molecular formula is C10H22N2S. The van der Waals surface area contributed by atoms with E-state index in [4.69, 9.17) is 0 Å². The Balaban J connectivity index is 2.03. The molecule has 1 heterocycles. The third-order valence-corrected chi connectivity index (χ3v) is 3.28. The van der Waals surface area contributed by atoms with Gasteiger partial charge in [-0.15, -0.1) is 0 Å². The summed E-state index contributed by atoms with van der Waals surface area (Å²) >= 11 is 1.95. The van der Waals surface area contributed by atoms with Gasteiger partial charge in [0.25, 0.3) is 0 Å². The SMILES string of the molecule is CCNC1CCN(CCCSC)C1. The van der Waals surface area contributed by atoms with Crippen LogP contribution in [0.15, 0.2) is 0 Å². The monoisotopic (exact) mass is 202 g/mol. The molecule has 0 aromatic carbocycles. The Morgan fingerprint density at radius 3 is 3.08 bits per heavy atom. The second-order valence-electron chi connectivity index (χ2n) is 3.69. The van der Waals surface area contributed by atoms with Crippen LogP contribution in [0.3, 0.4) is 0 Å². The van der Waals surface area contributed by atoms with Crippen molar-refractivity contribution in [3.63, 3.8) is 0 Å². The Morgan fingerprint density at radius 1 is 1.54 bits per heavy atom. The molecule has 13 heavy (non-hydrogen) atoms. The highest BCUT2D eigenvalue weighted by atomic mass is 32.2. The Morgan fingerprint density at radius 2 is 2.38 bits per heavy atom. The second kappa shape index (κ2) is 6.68. The first-order valence-electron chi connectivity index (χ1n) is 5.31. The van der Waals surface area contributed by atoms with E-state index < -0.39 is 0 Å². The molecule has 1 fully saturated rings. The van der Waals surface area contributed by atoms with Crippen LogP contribution < -0.4 is 5.32 Å². The van der Waals surface area contributed by atoms with Gasteiger partial charge in [0.15, 0.2) is 0 Å². The molecule has 0 radical (unpaired) electrons. The van der Waals surface area contributed by atoms with E-state index in [1.807, 2.05) is 11.8 Å². The van der Waals surface area contributed by atoms with Crippen LogP contribution in [0.5, 0.6) is 0 Å². The zero-order chi connectivity index (χ0) is 9.52. The van der Waals surface area contributed by atoms with E-state index in [9.17, 15) is 0 Å². The van der Waals surface area contributed by atoms with Gasteiger partial charge in [-0.2, -0.15) is 11.8 Å². The molecule has 0 aromatic heterocycles. The van der Waals surface area contributed by atoms with Crippen LogP contribution in [0.1, 0.15) is 19.8 Å². The fourth-order valence-electron chi connectivity index (χ4n) is 1.92. The highest BCUT2D eigenvalue weighted by Crippen LogP contribution is 2.09. The van der Waals surface area contributed by atoms with Gasteiger partial charge in [-0.05, 0) is 44.5 Å². The van der Waals surface area contributed by atoms with Crippen LogP contribution in [0.25, 0.3) is 0 Å². The van der Waals surface area contributed by atoms with Crippen LogP contribution >= 0.6 is 11.8 Å². The summed E-state index contributed by atoms with van der Waals surface area (Å²) < 4.78 is 0. The van der Waals surface area contributed by atoms with E-state index >= 15 is 0 Å². The van der Waals surface area contributed by atoms with Crippen LogP contribution in [0.4, 0.5) is 0 Å². The third kappa shape index (κ3) is 4.34. The maximum atomic E-state index is 3.52. The van der Waals surface area contributed by atoms with E-state index in [2.05, 4.69) is 23.4 Å². The van der Waals surface area contributed by atoms with Crippen molar-refractivity contribution in [3.8, 4) is 0 Å². The summed E-state index contributed by atoms with van der Waals surface area (Å²) in [4.78, 5) is 2.59. The lowest BCUT2D eigenvalue weighted by Crippen LogP contribution is -2.32. The molecule has 0 amide bonds. The molecule has 1 saturated heterocycles. The largest absolute Gasteiger partial charge is 0.313 e. The van der Waals surface area contributed by atoms with Gasteiger partial charge in [0, 0.05) is 12.6 Å². The molecule has 78 valence electrons. The van der Waals surface area contributed by atoms with Crippen LogP contribution in [-0.2, 0) is 0 Å². The number of rotatable bonds is 6. The molecule has 3 heteroatoms. The number of likely N-dealkylation sites (tertiary alicyclic amines) is 1. The minimum Gasteiger partial charge on any atom is -0.313 e. The lowest BCUT2D eigenvalue weighted by molar-refractivity contribution is 0.330. The first kappa shape index (κ1) is 11.3. The molecule has 1 rings (SSSR count). The van der Waals surface area contributed by atoms with Gasteiger partial charge in [0.05, 0.1) is 0 Å². The van der Waals surface area contributed by atoms with Crippen LogP contribution in [0.2, 0.25) is 0 Å². The summed E-state index contributed by atoms with van der Waals surface area (Å²) in [5.74, 6) is 1.31. The molecule has 1 aliphatic heterocycles. The second-order valence-corrected chi connectivity index (χ2v) is 4.68. The molecule has 2 nitrogen and oxygen atoms in total. The lowest BCUT2D eigenvalue weighted by Gasteiger charge is -2.15. The van der Waals surface area contributed by atoms with E-state index in [1.54, 1.807) is 0 Å². The molecular weight excluding hydrogens is 180 g/mol. The smallest absolute Gasteiger partial charge is 0.0207 e. The molecule has 1 atom stereocenters. The van der Waals surface area contributed by atoms with Crippen molar-refractivity contribution < 1.29 is 0 Å². The maximum absolute atomic E-state index is 3.52. The van der Waals surface area contributed by atoms with Gasteiger partial charge in [0.2, 0.25) is 0 Å². The standard InChI is InChI=1S/C10H22N2S/c1-3-11-10-5-7-12(9-10)6-4-8-13-2/h10-11H,3-9H2,1-2H3. The first-order chi connectivity index (χ1) is 6.36. The number of hydrogen-bond acceptors (Lipinski definition) is 3. The number of thioether (sulfide) groups is 1. The predicted octanol–water partition coefficient (Wildman–Crippen LogP) is 1.42. The van der Waals surface area contributed by atoms with E-state index in [0.29, 0.717) is 0 Å². The predicted molar refractivity (Wildman–Crippen MR) is 61.5 cm³/mol. The Bertz CT molecular complexity index is 130. The van der Waals surface area contributed by atoms with E-state index in [1.165, 1.54) is 38.2 Å². The molecule has 1 N–H and O–H groups in total. The first-order valence-corrected chi connectivity index (χ1v) is 6.71. The van der Waals surface area contributed by atoms with Gasteiger partial charge in [0.1, 0.15) is 0 Å². The van der Waals surface area contributed by atoms with Gasteiger partial charge >= 0.3 is 0 Å². The minimum absolute atomic E-state index is 0.763. The average molecular weight is 202 g/mol.